The van der Waals surface area contributed by atoms with Gasteiger partial charge in [0.1, 0.15) is 0 Å². The first-order valence-electron chi connectivity index (χ1n) is 11.2. The number of non-ortho nitro benzene ring substituents is 1. The van der Waals surface area contributed by atoms with Crippen LogP contribution in [0.4, 0.5) is 5.69 Å². The zero-order valence-electron chi connectivity index (χ0n) is 20.8. The van der Waals surface area contributed by atoms with Gasteiger partial charge in [0.2, 0.25) is 0 Å². The summed E-state index contributed by atoms with van der Waals surface area (Å²) >= 11 is 0. The van der Waals surface area contributed by atoms with Crippen molar-refractivity contribution in [3.63, 3.8) is 0 Å². The summed E-state index contributed by atoms with van der Waals surface area (Å²) in [5.41, 5.74) is 5.31. The molecule has 0 amide bonds. The zero-order valence-corrected chi connectivity index (χ0v) is 20.8. The number of hydrogen-bond acceptors (Lipinski definition) is 7. The number of methoxy groups -OCH3 is 4. The fraction of sp³-hybridized carbons (Fsp3) is 0.222. The molecule has 0 aliphatic rings. The molecule has 1 heterocycles. The summed E-state index contributed by atoms with van der Waals surface area (Å²) in [6.07, 6.45) is 0. The molecule has 0 fully saturated rings. The molecule has 4 aromatic rings. The van der Waals surface area contributed by atoms with Crippen LogP contribution in [0.15, 0.2) is 60.7 Å². The lowest BCUT2D eigenvalue weighted by Gasteiger charge is -2.12. The Morgan fingerprint density at radius 3 is 1.83 bits per heavy atom. The SMILES string of the molecule is COc1ccc(-c2nn(Cc3ccc([N+](=O)[O-])cc3)c(-c3ccc(OC)c(OC)c3)c2C)cc1OC. The van der Waals surface area contributed by atoms with Crippen LogP contribution in [0.3, 0.4) is 0 Å². The molecule has 9 heteroatoms. The molecule has 9 nitrogen and oxygen atoms in total. The van der Waals surface area contributed by atoms with Gasteiger partial charge in [-0.1, -0.05) is 12.1 Å². The maximum absolute atomic E-state index is 11.1. The highest BCUT2D eigenvalue weighted by atomic mass is 16.6. The number of rotatable bonds is 9. The molecule has 0 aliphatic carbocycles. The Kier molecular flexibility index (Phi) is 7.10. The van der Waals surface area contributed by atoms with Gasteiger partial charge in [-0.25, -0.2) is 0 Å². The van der Waals surface area contributed by atoms with Gasteiger partial charge >= 0.3 is 0 Å². The maximum Gasteiger partial charge on any atom is 0.269 e. The average molecular weight is 490 g/mol. The summed E-state index contributed by atoms with van der Waals surface area (Å²) < 4.78 is 23.7. The maximum atomic E-state index is 11.1. The van der Waals surface area contributed by atoms with Crippen molar-refractivity contribution in [2.75, 3.05) is 28.4 Å². The van der Waals surface area contributed by atoms with Crippen LogP contribution < -0.4 is 18.9 Å². The minimum Gasteiger partial charge on any atom is -0.493 e. The second-order valence-corrected chi connectivity index (χ2v) is 8.04. The minimum absolute atomic E-state index is 0.0431. The third-order valence-electron chi connectivity index (χ3n) is 5.98. The highest BCUT2D eigenvalue weighted by molar-refractivity contribution is 5.76. The quantitative estimate of drug-likeness (QED) is 0.226. The second-order valence-electron chi connectivity index (χ2n) is 8.04. The van der Waals surface area contributed by atoms with Crippen LogP contribution in [0.2, 0.25) is 0 Å². The molecular formula is C27H27N3O6. The number of hydrogen-bond donors (Lipinski definition) is 0. The van der Waals surface area contributed by atoms with Gasteiger partial charge in [0.05, 0.1) is 51.3 Å². The number of ether oxygens (including phenoxy) is 4. The zero-order chi connectivity index (χ0) is 25.8. The first-order valence-corrected chi connectivity index (χ1v) is 11.2. The molecule has 1 aromatic heterocycles. The number of aromatic nitrogens is 2. The van der Waals surface area contributed by atoms with Crippen molar-refractivity contribution >= 4 is 5.69 Å². The molecule has 0 aliphatic heterocycles. The van der Waals surface area contributed by atoms with Crippen molar-refractivity contribution in [1.29, 1.82) is 0 Å². The molecule has 4 rings (SSSR count). The van der Waals surface area contributed by atoms with E-state index in [9.17, 15) is 10.1 Å². The van der Waals surface area contributed by atoms with E-state index in [0.717, 1.165) is 33.6 Å². The van der Waals surface area contributed by atoms with Gasteiger partial charge < -0.3 is 18.9 Å². The lowest BCUT2D eigenvalue weighted by molar-refractivity contribution is -0.384. The smallest absolute Gasteiger partial charge is 0.269 e. The minimum atomic E-state index is -0.411. The molecular weight excluding hydrogens is 462 g/mol. The first-order chi connectivity index (χ1) is 17.4. The molecule has 0 saturated carbocycles. The number of benzene rings is 3. The highest BCUT2D eigenvalue weighted by Gasteiger charge is 2.20. The Hall–Kier alpha value is -4.53. The fourth-order valence-corrected chi connectivity index (χ4v) is 4.17. The predicted octanol–water partition coefficient (Wildman–Crippen LogP) is 5.52. The van der Waals surface area contributed by atoms with Crippen molar-refractivity contribution in [1.82, 2.24) is 9.78 Å². The van der Waals surface area contributed by atoms with E-state index in [2.05, 4.69) is 0 Å². The van der Waals surface area contributed by atoms with E-state index in [0.29, 0.717) is 29.5 Å². The van der Waals surface area contributed by atoms with Crippen LogP contribution in [0, 0.1) is 17.0 Å². The summed E-state index contributed by atoms with van der Waals surface area (Å²) in [5, 5.41) is 16.0. The van der Waals surface area contributed by atoms with Crippen LogP contribution in [0.1, 0.15) is 11.1 Å². The van der Waals surface area contributed by atoms with Crippen LogP contribution in [-0.4, -0.2) is 43.1 Å². The van der Waals surface area contributed by atoms with Gasteiger partial charge in [-0.2, -0.15) is 5.10 Å². The normalized spacial score (nSPS) is 10.7. The third kappa shape index (κ3) is 4.68. The van der Waals surface area contributed by atoms with Crippen LogP contribution in [-0.2, 0) is 6.54 Å². The third-order valence-corrected chi connectivity index (χ3v) is 5.98. The lowest BCUT2D eigenvalue weighted by Crippen LogP contribution is -2.05. The first kappa shape index (κ1) is 24.6. The molecule has 3 aromatic carbocycles. The molecule has 0 bridgehead atoms. The molecule has 0 unspecified atom stereocenters. The molecule has 0 radical (unpaired) electrons. The van der Waals surface area contributed by atoms with Gasteiger partial charge in [0.15, 0.2) is 23.0 Å². The summed E-state index contributed by atoms with van der Waals surface area (Å²) in [7, 11) is 6.38. The summed E-state index contributed by atoms with van der Waals surface area (Å²) in [5.74, 6) is 2.46. The van der Waals surface area contributed by atoms with Crippen molar-refractivity contribution in [2.24, 2.45) is 0 Å². The number of nitrogens with zero attached hydrogens (tertiary/aromatic N) is 3. The van der Waals surface area contributed by atoms with E-state index in [1.54, 1.807) is 40.6 Å². The van der Waals surface area contributed by atoms with Crippen molar-refractivity contribution in [3.8, 4) is 45.5 Å². The standard InChI is InChI=1S/C27H27N3O6/c1-17-26(19-8-12-22(33-2)24(14-19)35-4)28-29(16-18-6-10-21(11-7-18)30(31)32)27(17)20-9-13-23(34-3)25(15-20)36-5/h6-15H,16H2,1-5H3. The largest absolute Gasteiger partial charge is 0.493 e. The van der Waals surface area contributed by atoms with Crippen LogP contribution >= 0.6 is 0 Å². The van der Waals surface area contributed by atoms with E-state index in [1.165, 1.54) is 12.1 Å². The van der Waals surface area contributed by atoms with Gasteiger partial charge in [0.25, 0.3) is 5.69 Å². The predicted molar refractivity (Wildman–Crippen MR) is 136 cm³/mol. The van der Waals surface area contributed by atoms with E-state index in [-0.39, 0.29) is 5.69 Å². The van der Waals surface area contributed by atoms with E-state index in [1.807, 2.05) is 48.0 Å². The molecule has 0 saturated heterocycles. The summed E-state index contributed by atoms with van der Waals surface area (Å²) in [6.45, 7) is 2.42. The Balaban J connectivity index is 1.86. The molecule has 36 heavy (non-hydrogen) atoms. The van der Waals surface area contributed by atoms with Gasteiger partial charge in [-0.3, -0.25) is 14.8 Å². The molecule has 186 valence electrons. The second kappa shape index (κ2) is 10.4. The topological polar surface area (TPSA) is 97.9 Å². The van der Waals surface area contributed by atoms with Crippen LogP contribution in [0.5, 0.6) is 23.0 Å². The Labute approximate surface area is 209 Å². The molecule has 0 spiro atoms. The Morgan fingerprint density at radius 1 is 0.778 bits per heavy atom. The van der Waals surface area contributed by atoms with Gasteiger partial charge in [0, 0.05) is 28.8 Å². The lowest BCUT2D eigenvalue weighted by atomic mass is 10.0. The number of nitro benzene ring substituents is 1. The van der Waals surface area contributed by atoms with E-state index in [4.69, 9.17) is 24.0 Å². The van der Waals surface area contributed by atoms with Crippen molar-refractivity contribution in [3.05, 3.63) is 81.9 Å². The van der Waals surface area contributed by atoms with Gasteiger partial charge in [-0.15, -0.1) is 0 Å². The van der Waals surface area contributed by atoms with Crippen molar-refractivity contribution < 1.29 is 23.9 Å². The fourth-order valence-electron chi connectivity index (χ4n) is 4.17. The van der Waals surface area contributed by atoms with Gasteiger partial charge in [-0.05, 0) is 48.9 Å². The van der Waals surface area contributed by atoms with E-state index >= 15 is 0 Å². The van der Waals surface area contributed by atoms with E-state index < -0.39 is 4.92 Å². The highest BCUT2D eigenvalue weighted by Crippen LogP contribution is 2.39. The Morgan fingerprint density at radius 2 is 1.31 bits per heavy atom. The average Bonchev–Trinajstić information content (AvgIpc) is 3.23. The Bertz CT molecular complexity index is 1400. The summed E-state index contributed by atoms with van der Waals surface area (Å²) in [6, 6.07) is 17.9. The molecule has 0 atom stereocenters. The van der Waals surface area contributed by atoms with Crippen molar-refractivity contribution in [2.45, 2.75) is 13.5 Å². The number of nitro groups is 1. The monoisotopic (exact) mass is 489 g/mol. The summed E-state index contributed by atoms with van der Waals surface area (Å²) in [4.78, 5) is 10.7. The molecule has 0 N–H and O–H groups in total. The van der Waals surface area contributed by atoms with Crippen LogP contribution in [0.25, 0.3) is 22.5 Å².